The Bertz CT molecular complexity index is 224. The molecule has 0 saturated carbocycles. The largest absolute Gasteiger partial charge is 0.363 e. The molecular weight excluding hydrogens is 154 g/mol. The van der Waals surface area contributed by atoms with Crippen molar-refractivity contribution >= 4 is 25.4 Å². The molecular formula is C6H5ClOP+. The Labute approximate surface area is 59.9 Å². The maximum atomic E-state index is 10.3. The SMILES string of the molecule is O=[PH+]c1cccc(Cl)c1. The van der Waals surface area contributed by atoms with Gasteiger partial charge in [0.2, 0.25) is 0 Å². The van der Waals surface area contributed by atoms with Crippen molar-refractivity contribution in [1.82, 2.24) is 0 Å². The quantitative estimate of drug-likeness (QED) is 0.573. The summed E-state index contributed by atoms with van der Waals surface area (Å²) in [4.78, 5) is 0. The van der Waals surface area contributed by atoms with E-state index < -0.39 is 8.46 Å². The first-order valence-electron chi connectivity index (χ1n) is 2.46. The summed E-state index contributed by atoms with van der Waals surface area (Å²) < 4.78 is 10.3. The second-order valence-electron chi connectivity index (χ2n) is 1.61. The predicted octanol–water partition coefficient (Wildman–Crippen LogP) is 1.99. The van der Waals surface area contributed by atoms with Gasteiger partial charge in [0.1, 0.15) is 0 Å². The Balaban J connectivity index is 3.07. The van der Waals surface area contributed by atoms with Gasteiger partial charge in [0, 0.05) is 11.1 Å². The van der Waals surface area contributed by atoms with E-state index in [2.05, 4.69) is 0 Å². The van der Waals surface area contributed by atoms with Gasteiger partial charge in [-0.3, -0.25) is 0 Å². The van der Waals surface area contributed by atoms with Crippen molar-refractivity contribution in [3.8, 4) is 0 Å². The fourth-order valence-corrected chi connectivity index (χ4v) is 1.21. The zero-order chi connectivity index (χ0) is 6.69. The lowest BCUT2D eigenvalue weighted by atomic mass is 10.4. The summed E-state index contributed by atoms with van der Waals surface area (Å²) in [7, 11) is -0.408. The molecule has 46 valence electrons. The van der Waals surface area contributed by atoms with E-state index in [9.17, 15) is 4.57 Å². The minimum Gasteiger partial charge on any atom is -0.0842 e. The van der Waals surface area contributed by atoms with Crippen molar-refractivity contribution in [2.24, 2.45) is 0 Å². The lowest BCUT2D eigenvalue weighted by Gasteiger charge is -1.82. The molecule has 1 rings (SSSR count). The molecule has 3 heteroatoms. The highest BCUT2D eigenvalue weighted by atomic mass is 35.5. The molecule has 0 fully saturated rings. The molecule has 0 amide bonds. The van der Waals surface area contributed by atoms with Crippen LogP contribution < -0.4 is 5.30 Å². The molecule has 0 saturated heterocycles. The van der Waals surface area contributed by atoms with Crippen molar-refractivity contribution in [3.63, 3.8) is 0 Å². The molecule has 0 spiro atoms. The average Bonchev–Trinajstić information content (AvgIpc) is 1.88. The van der Waals surface area contributed by atoms with E-state index in [-0.39, 0.29) is 0 Å². The summed E-state index contributed by atoms with van der Waals surface area (Å²) in [6.45, 7) is 0. The summed E-state index contributed by atoms with van der Waals surface area (Å²) in [5.74, 6) is 0. The summed E-state index contributed by atoms with van der Waals surface area (Å²) >= 11 is 5.59. The normalized spacial score (nSPS) is 9.89. The van der Waals surface area contributed by atoms with Crippen LogP contribution in [0, 0.1) is 0 Å². The van der Waals surface area contributed by atoms with Crippen LogP contribution in [-0.4, -0.2) is 0 Å². The highest BCUT2D eigenvalue weighted by Gasteiger charge is 1.97. The number of rotatable bonds is 1. The molecule has 0 aromatic heterocycles. The van der Waals surface area contributed by atoms with Gasteiger partial charge < -0.3 is 0 Å². The minimum absolute atomic E-state index is 0.408. The van der Waals surface area contributed by atoms with Crippen molar-refractivity contribution in [2.75, 3.05) is 0 Å². The van der Waals surface area contributed by atoms with Gasteiger partial charge in [-0.25, -0.2) is 0 Å². The molecule has 1 unspecified atom stereocenters. The van der Waals surface area contributed by atoms with Gasteiger partial charge in [-0.15, -0.1) is 0 Å². The summed E-state index contributed by atoms with van der Waals surface area (Å²) in [5.41, 5.74) is 0. The van der Waals surface area contributed by atoms with Crippen LogP contribution in [0.1, 0.15) is 0 Å². The first-order chi connectivity index (χ1) is 4.33. The molecule has 0 aliphatic heterocycles. The molecule has 0 heterocycles. The van der Waals surface area contributed by atoms with Gasteiger partial charge in [-0.1, -0.05) is 22.2 Å². The number of halogens is 1. The Morgan fingerprint density at radius 1 is 1.44 bits per heavy atom. The smallest absolute Gasteiger partial charge is 0.0842 e. The second-order valence-corrected chi connectivity index (χ2v) is 2.83. The van der Waals surface area contributed by atoms with Gasteiger partial charge in [0.05, 0.1) is 0 Å². The molecule has 1 atom stereocenters. The van der Waals surface area contributed by atoms with Crippen molar-refractivity contribution in [3.05, 3.63) is 29.3 Å². The fourth-order valence-electron chi connectivity index (χ4n) is 0.552. The molecule has 0 aliphatic rings. The first kappa shape index (κ1) is 6.73. The monoisotopic (exact) mass is 159 g/mol. The third kappa shape index (κ3) is 1.78. The average molecular weight is 160 g/mol. The van der Waals surface area contributed by atoms with E-state index in [1.54, 1.807) is 24.3 Å². The predicted molar refractivity (Wildman–Crippen MR) is 40.1 cm³/mol. The third-order valence-electron chi connectivity index (χ3n) is 0.942. The molecule has 9 heavy (non-hydrogen) atoms. The van der Waals surface area contributed by atoms with E-state index in [1.807, 2.05) is 0 Å². The van der Waals surface area contributed by atoms with Crippen LogP contribution in [0.2, 0.25) is 5.02 Å². The van der Waals surface area contributed by atoms with E-state index >= 15 is 0 Å². The fraction of sp³-hybridized carbons (Fsp3) is 0. The molecule has 0 aliphatic carbocycles. The number of hydrogen-bond acceptors (Lipinski definition) is 1. The highest BCUT2D eigenvalue weighted by Crippen LogP contribution is 2.06. The second kappa shape index (κ2) is 2.95. The lowest BCUT2D eigenvalue weighted by molar-refractivity contribution is 0.603. The van der Waals surface area contributed by atoms with E-state index in [0.29, 0.717) is 5.02 Å². The Morgan fingerprint density at radius 2 is 2.22 bits per heavy atom. The minimum atomic E-state index is -0.408. The molecule has 0 N–H and O–H groups in total. The maximum Gasteiger partial charge on any atom is 0.363 e. The summed E-state index contributed by atoms with van der Waals surface area (Å²) in [5, 5.41) is 1.40. The first-order valence-corrected chi connectivity index (χ1v) is 3.75. The summed E-state index contributed by atoms with van der Waals surface area (Å²) in [6, 6.07) is 7.00. The van der Waals surface area contributed by atoms with Crippen LogP contribution in [0.15, 0.2) is 24.3 Å². The number of benzene rings is 1. The Kier molecular flexibility index (Phi) is 2.21. The van der Waals surface area contributed by atoms with E-state index in [0.717, 1.165) is 5.30 Å². The van der Waals surface area contributed by atoms with Crippen LogP contribution in [-0.2, 0) is 4.57 Å². The lowest BCUT2D eigenvalue weighted by Crippen LogP contribution is -1.86. The van der Waals surface area contributed by atoms with Gasteiger partial charge in [-0.2, -0.15) is 0 Å². The third-order valence-corrected chi connectivity index (χ3v) is 1.72. The highest BCUT2D eigenvalue weighted by molar-refractivity contribution is 7.34. The summed E-state index contributed by atoms with van der Waals surface area (Å²) in [6.07, 6.45) is 0. The van der Waals surface area contributed by atoms with Gasteiger partial charge in [0.25, 0.3) is 0 Å². The number of hydrogen-bond donors (Lipinski definition) is 0. The van der Waals surface area contributed by atoms with E-state index in [1.165, 1.54) is 0 Å². The maximum absolute atomic E-state index is 10.3. The van der Waals surface area contributed by atoms with Crippen molar-refractivity contribution in [1.29, 1.82) is 0 Å². The van der Waals surface area contributed by atoms with Gasteiger partial charge in [-0.05, 0) is 12.1 Å². The van der Waals surface area contributed by atoms with Crippen LogP contribution in [0.25, 0.3) is 0 Å². The zero-order valence-corrected chi connectivity index (χ0v) is 6.35. The van der Waals surface area contributed by atoms with Crippen LogP contribution in [0.4, 0.5) is 0 Å². The van der Waals surface area contributed by atoms with Crippen LogP contribution in [0.3, 0.4) is 0 Å². The van der Waals surface area contributed by atoms with E-state index in [4.69, 9.17) is 11.6 Å². The van der Waals surface area contributed by atoms with Crippen LogP contribution >= 0.6 is 20.1 Å². The van der Waals surface area contributed by atoms with Crippen molar-refractivity contribution < 1.29 is 4.57 Å². The topological polar surface area (TPSA) is 17.1 Å². The molecule has 0 bridgehead atoms. The molecule has 1 nitrogen and oxygen atoms in total. The Morgan fingerprint density at radius 3 is 2.67 bits per heavy atom. The van der Waals surface area contributed by atoms with Gasteiger partial charge >= 0.3 is 8.46 Å². The van der Waals surface area contributed by atoms with Crippen molar-refractivity contribution in [2.45, 2.75) is 0 Å². The molecule has 1 aromatic rings. The van der Waals surface area contributed by atoms with Gasteiger partial charge in [0.15, 0.2) is 5.30 Å². The molecule has 0 radical (unpaired) electrons. The zero-order valence-electron chi connectivity index (χ0n) is 4.60. The van der Waals surface area contributed by atoms with Crippen LogP contribution in [0.5, 0.6) is 0 Å². The standard InChI is InChI=1S/C6H4ClOP/c7-5-2-1-3-6(4-5)9-8/h1-4H/p+1. The molecule has 1 aromatic carbocycles. The Hall–Kier alpha value is -0.390.